The van der Waals surface area contributed by atoms with Crippen LogP contribution in [0.5, 0.6) is 0 Å². The number of hydrogen-bond donors (Lipinski definition) is 0. The second-order valence-electron chi connectivity index (χ2n) is 7.68. The van der Waals surface area contributed by atoms with Crippen LogP contribution in [0.3, 0.4) is 0 Å². The number of hydrogen-bond acceptors (Lipinski definition) is 3. The van der Waals surface area contributed by atoms with Gasteiger partial charge in [-0.1, -0.05) is 44.9 Å². The predicted octanol–water partition coefficient (Wildman–Crippen LogP) is 4.14. The lowest BCUT2D eigenvalue weighted by Gasteiger charge is -2.22. The van der Waals surface area contributed by atoms with E-state index in [0.717, 1.165) is 37.0 Å². The zero-order valence-corrected chi connectivity index (χ0v) is 15.9. The molecule has 0 atom stereocenters. The molecule has 27 heavy (non-hydrogen) atoms. The number of para-hydroxylation sites is 1. The molecule has 0 amide bonds. The van der Waals surface area contributed by atoms with Crippen LogP contribution in [0.25, 0.3) is 21.9 Å². The van der Waals surface area contributed by atoms with Gasteiger partial charge in [-0.2, -0.15) is 0 Å². The topological polar surface area (TPSA) is 56.9 Å². The molecule has 0 aliphatic heterocycles. The molecule has 5 heteroatoms. The van der Waals surface area contributed by atoms with Crippen molar-refractivity contribution < 1.29 is 0 Å². The molecule has 0 saturated heterocycles. The zero-order valence-electron chi connectivity index (χ0n) is 15.9. The fourth-order valence-electron chi connectivity index (χ4n) is 4.32. The highest BCUT2D eigenvalue weighted by Gasteiger charge is 2.26. The van der Waals surface area contributed by atoms with Crippen LogP contribution < -0.4 is 11.0 Å². The lowest BCUT2D eigenvalue weighted by Crippen LogP contribution is -2.33. The average molecular weight is 363 g/mol. The fourth-order valence-corrected chi connectivity index (χ4v) is 4.32. The van der Waals surface area contributed by atoms with E-state index in [9.17, 15) is 9.59 Å². The lowest BCUT2D eigenvalue weighted by molar-refractivity contribution is 0.464. The summed E-state index contributed by atoms with van der Waals surface area (Å²) in [4.78, 5) is 31.7. The Labute approximate surface area is 158 Å². The van der Waals surface area contributed by atoms with Gasteiger partial charge >= 0.3 is 0 Å². The molecule has 0 bridgehead atoms. The van der Waals surface area contributed by atoms with Crippen molar-refractivity contribution in [3.05, 3.63) is 63.3 Å². The van der Waals surface area contributed by atoms with E-state index >= 15 is 0 Å². The summed E-state index contributed by atoms with van der Waals surface area (Å²) in [6.07, 6.45) is 5.95. The van der Waals surface area contributed by atoms with Crippen molar-refractivity contribution in [1.29, 1.82) is 0 Å². The molecule has 1 fully saturated rings. The van der Waals surface area contributed by atoms with E-state index in [4.69, 9.17) is 4.98 Å². The number of aromatic nitrogens is 3. The van der Waals surface area contributed by atoms with Gasteiger partial charge in [0.25, 0.3) is 5.56 Å². The normalized spacial score (nSPS) is 15.2. The molecular formula is C22H25N3O2. The fraction of sp³-hybridized carbons (Fsp3) is 0.409. The molecule has 1 aromatic carbocycles. The van der Waals surface area contributed by atoms with Gasteiger partial charge in [0.2, 0.25) is 5.43 Å². The molecular weight excluding hydrogens is 338 g/mol. The van der Waals surface area contributed by atoms with Crippen LogP contribution in [0.15, 0.2) is 46.5 Å². The number of rotatable bonds is 4. The van der Waals surface area contributed by atoms with Gasteiger partial charge in [-0.25, -0.2) is 4.98 Å². The molecule has 0 radical (unpaired) electrons. The molecule has 0 spiro atoms. The summed E-state index contributed by atoms with van der Waals surface area (Å²) in [7, 11) is 0. The first-order valence-corrected chi connectivity index (χ1v) is 9.73. The van der Waals surface area contributed by atoms with Gasteiger partial charge in [0, 0.05) is 23.9 Å². The third-order valence-electron chi connectivity index (χ3n) is 5.56. The van der Waals surface area contributed by atoms with Gasteiger partial charge in [0.05, 0.1) is 5.52 Å². The van der Waals surface area contributed by atoms with Gasteiger partial charge in [0.1, 0.15) is 11.2 Å². The number of pyridine rings is 1. The van der Waals surface area contributed by atoms with Crippen molar-refractivity contribution in [3.8, 4) is 0 Å². The average Bonchev–Trinajstić information content (AvgIpc) is 3.18. The standard InChI is InChI=1S/C22H25N3O2/c1-4-13-24-17-12-8-7-11-16(17)19(26)18-21(24)23-20(14(2)3)25(22(18)27)15-9-5-6-10-15/h4,7-8,11-12,14-15H,1,5-6,9-10,13H2,2-3H3. The maximum atomic E-state index is 13.5. The molecule has 4 rings (SSSR count). The Morgan fingerprint density at radius 2 is 1.93 bits per heavy atom. The highest BCUT2D eigenvalue weighted by molar-refractivity contribution is 5.91. The van der Waals surface area contributed by atoms with Gasteiger partial charge in [0.15, 0.2) is 5.65 Å². The van der Waals surface area contributed by atoms with Crippen molar-refractivity contribution in [2.45, 2.75) is 58.0 Å². The van der Waals surface area contributed by atoms with Crippen LogP contribution in [0.2, 0.25) is 0 Å². The van der Waals surface area contributed by atoms with E-state index in [0.29, 0.717) is 17.6 Å². The SMILES string of the molecule is C=CCn1c2ccccc2c(=O)c2c(=O)n(C3CCCC3)c(C(C)C)nc21. The van der Waals surface area contributed by atoms with Crippen LogP contribution in [-0.2, 0) is 6.54 Å². The molecule has 0 N–H and O–H groups in total. The minimum Gasteiger partial charge on any atom is -0.321 e. The van der Waals surface area contributed by atoms with E-state index < -0.39 is 0 Å². The summed E-state index contributed by atoms with van der Waals surface area (Å²) in [6.45, 7) is 8.44. The molecule has 2 aromatic heterocycles. The minimum atomic E-state index is -0.222. The monoisotopic (exact) mass is 363 g/mol. The Balaban J connectivity index is 2.21. The summed E-state index contributed by atoms with van der Waals surface area (Å²) in [5.74, 6) is 0.869. The van der Waals surface area contributed by atoms with Gasteiger partial charge in [-0.15, -0.1) is 6.58 Å². The highest BCUT2D eigenvalue weighted by atomic mass is 16.1. The van der Waals surface area contributed by atoms with Crippen molar-refractivity contribution >= 4 is 21.9 Å². The molecule has 1 saturated carbocycles. The lowest BCUT2D eigenvalue weighted by atomic mass is 10.1. The van der Waals surface area contributed by atoms with Crippen molar-refractivity contribution in [2.75, 3.05) is 0 Å². The molecule has 1 aliphatic rings. The first-order valence-electron chi connectivity index (χ1n) is 9.73. The first kappa shape index (κ1) is 17.7. The minimum absolute atomic E-state index is 0.0986. The van der Waals surface area contributed by atoms with E-state index in [-0.39, 0.29) is 28.3 Å². The first-order chi connectivity index (χ1) is 13.0. The molecule has 5 nitrogen and oxygen atoms in total. The maximum absolute atomic E-state index is 13.5. The van der Waals surface area contributed by atoms with Crippen LogP contribution in [0.4, 0.5) is 0 Å². The summed E-state index contributed by atoms with van der Waals surface area (Å²) in [5.41, 5.74) is 0.848. The number of nitrogens with zero attached hydrogens (tertiary/aromatic N) is 3. The van der Waals surface area contributed by atoms with E-state index in [1.54, 1.807) is 12.1 Å². The molecule has 3 aromatic rings. The third kappa shape index (κ3) is 2.73. The smallest absolute Gasteiger partial charge is 0.267 e. The second-order valence-corrected chi connectivity index (χ2v) is 7.68. The molecule has 0 unspecified atom stereocenters. The molecule has 2 heterocycles. The quantitative estimate of drug-likeness (QED) is 0.517. The van der Waals surface area contributed by atoms with Gasteiger partial charge in [-0.05, 0) is 25.0 Å². The second kappa shape index (κ2) is 6.80. The van der Waals surface area contributed by atoms with Crippen LogP contribution in [0.1, 0.15) is 57.3 Å². The molecule has 1 aliphatic carbocycles. The Hall–Kier alpha value is -2.69. The summed E-state index contributed by atoms with van der Waals surface area (Å²) < 4.78 is 3.75. The number of fused-ring (bicyclic) bond motifs is 2. The Bertz CT molecular complexity index is 1150. The van der Waals surface area contributed by atoms with Crippen molar-refractivity contribution in [3.63, 3.8) is 0 Å². The Morgan fingerprint density at radius 1 is 1.22 bits per heavy atom. The summed E-state index contributed by atoms with van der Waals surface area (Å²) in [5, 5.41) is 0.757. The van der Waals surface area contributed by atoms with E-state index in [2.05, 4.69) is 20.4 Å². The number of allylic oxidation sites excluding steroid dienone is 1. The van der Waals surface area contributed by atoms with E-state index in [1.807, 2.05) is 27.3 Å². The molecule has 140 valence electrons. The Morgan fingerprint density at radius 3 is 2.59 bits per heavy atom. The third-order valence-corrected chi connectivity index (χ3v) is 5.56. The summed E-state index contributed by atoms with van der Waals surface area (Å²) in [6, 6.07) is 7.56. The largest absolute Gasteiger partial charge is 0.321 e. The van der Waals surface area contributed by atoms with E-state index in [1.165, 1.54) is 0 Å². The van der Waals surface area contributed by atoms with Crippen LogP contribution in [0, 0.1) is 0 Å². The van der Waals surface area contributed by atoms with Crippen LogP contribution >= 0.6 is 0 Å². The van der Waals surface area contributed by atoms with Crippen molar-refractivity contribution in [1.82, 2.24) is 14.1 Å². The van der Waals surface area contributed by atoms with Crippen LogP contribution in [-0.4, -0.2) is 14.1 Å². The zero-order chi connectivity index (χ0) is 19.1. The maximum Gasteiger partial charge on any atom is 0.267 e. The Kier molecular flexibility index (Phi) is 4.46. The number of benzene rings is 1. The van der Waals surface area contributed by atoms with Gasteiger partial charge in [-0.3, -0.25) is 14.2 Å². The summed E-state index contributed by atoms with van der Waals surface area (Å²) >= 11 is 0. The highest BCUT2D eigenvalue weighted by Crippen LogP contribution is 2.31. The predicted molar refractivity (Wildman–Crippen MR) is 110 cm³/mol. The van der Waals surface area contributed by atoms with Gasteiger partial charge < -0.3 is 4.57 Å². The van der Waals surface area contributed by atoms with Crippen molar-refractivity contribution in [2.24, 2.45) is 0 Å².